The van der Waals surface area contributed by atoms with Gasteiger partial charge >= 0.3 is 0 Å². The first-order chi connectivity index (χ1) is 10.1. The summed E-state index contributed by atoms with van der Waals surface area (Å²) < 4.78 is 30.5. The van der Waals surface area contributed by atoms with Gasteiger partial charge in [0, 0.05) is 25.2 Å². The van der Waals surface area contributed by atoms with Crippen molar-refractivity contribution in [3.8, 4) is 0 Å². The Balaban J connectivity index is 1.84. The molecule has 1 aromatic carbocycles. The molecule has 2 fully saturated rings. The van der Waals surface area contributed by atoms with E-state index >= 15 is 0 Å². The van der Waals surface area contributed by atoms with E-state index in [2.05, 4.69) is 0 Å². The minimum absolute atomic E-state index is 0.0725. The van der Waals surface area contributed by atoms with Gasteiger partial charge in [0.25, 0.3) is 5.91 Å². The number of morpholine rings is 1. The van der Waals surface area contributed by atoms with Gasteiger partial charge in [0.2, 0.25) is 10.0 Å². The number of carbonyl (C=O) groups is 1. The van der Waals surface area contributed by atoms with Crippen molar-refractivity contribution in [3.63, 3.8) is 0 Å². The molecule has 0 unspecified atom stereocenters. The van der Waals surface area contributed by atoms with Gasteiger partial charge in [-0.05, 0) is 24.6 Å². The van der Waals surface area contributed by atoms with E-state index in [4.69, 9.17) is 4.74 Å². The number of ether oxygens (including phenoxy) is 1. The fourth-order valence-electron chi connectivity index (χ4n) is 2.67. The Hall–Kier alpha value is -1.60. The fraction of sp³-hybridized carbons (Fsp3) is 0.500. The van der Waals surface area contributed by atoms with Crippen LogP contribution in [0.15, 0.2) is 24.3 Å². The van der Waals surface area contributed by atoms with Gasteiger partial charge in [-0.15, -0.1) is 0 Å². The second kappa shape index (κ2) is 5.65. The largest absolute Gasteiger partial charge is 0.378 e. The molecule has 2 heterocycles. The van der Waals surface area contributed by atoms with Crippen LogP contribution in [0.25, 0.3) is 0 Å². The van der Waals surface area contributed by atoms with E-state index in [0.717, 1.165) is 0 Å². The maximum absolute atomic E-state index is 12.4. The summed E-state index contributed by atoms with van der Waals surface area (Å²) in [5.41, 5.74) is 1.10. The summed E-state index contributed by atoms with van der Waals surface area (Å²) in [6, 6.07) is 6.86. The highest BCUT2D eigenvalue weighted by atomic mass is 32.2. The van der Waals surface area contributed by atoms with E-state index in [9.17, 15) is 13.2 Å². The minimum Gasteiger partial charge on any atom is -0.378 e. The molecule has 21 heavy (non-hydrogen) atoms. The van der Waals surface area contributed by atoms with Gasteiger partial charge in [-0.3, -0.25) is 9.10 Å². The zero-order valence-corrected chi connectivity index (χ0v) is 12.5. The number of sulfonamides is 1. The first kappa shape index (κ1) is 14.3. The monoisotopic (exact) mass is 310 g/mol. The van der Waals surface area contributed by atoms with Gasteiger partial charge in [0.15, 0.2) is 0 Å². The van der Waals surface area contributed by atoms with Gasteiger partial charge in [-0.25, -0.2) is 8.42 Å². The van der Waals surface area contributed by atoms with E-state index in [1.165, 1.54) is 4.31 Å². The highest BCUT2D eigenvalue weighted by Gasteiger charge is 2.29. The molecule has 0 radical (unpaired) electrons. The number of amides is 1. The average Bonchev–Trinajstić information content (AvgIpc) is 2.87. The summed E-state index contributed by atoms with van der Waals surface area (Å²) >= 11 is 0. The Morgan fingerprint density at radius 2 is 1.90 bits per heavy atom. The molecule has 1 amide bonds. The van der Waals surface area contributed by atoms with Crippen LogP contribution in [0.2, 0.25) is 0 Å². The van der Waals surface area contributed by atoms with E-state index in [-0.39, 0.29) is 11.7 Å². The van der Waals surface area contributed by atoms with E-state index < -0.39 is 10.0 Å². The molecule has 2 aliphatic heterocycles. The highest BCUT2D eigenvalue weighted by Crippen LogP contribution is 2.25. The van der Waals surface area contributed by atoms with Crippen LogP contribution in [0.5, 0.6) is 0 Å². The lowest BCUT2D eigenvalue weighted by Crippen LogP contribution is -2.40. The Bertz CT molecular complexity index is 638. The number of hydrogen-bond acceptors (Lipinski definition) is 4. The molecule has 0 aromatic heterocycles. The molecule has 3 rings (SSSR count). The molecule has 0 spiro atoms. The Morgan fingerprint density at radius 1 is 1.14 bits per heavy atom. The predicted molar refractivity (Wildman–Crippen MR) is 78.9 cm³/mol. The second-order valence-electron chi connectivity index (χ2n) is 5.20. The Kier molecular flexibility index (Phi) is 3.86. The quantitative estimate of drug-likeness (QED) is 0.806. The van der Waals surface area contributed by atoms with Crippen molar-refractivity contribution in [1.29, 1.82) is 0 Å². The number of hydrogen-bond donors (Lipinski definition) is 0. The minimum atomic E-state index is -3.22. The van der Waals surface area contributed by atoms with E-state index in [0.29, 0.717) is 50.5 Å². The first-order valence-electron chi connectivity index (χ1n) is 7.05. The van der Waals surface area contributed by atoms with Gasteiger partial charge in [0.1, 0.15) is 0 Å². The summed E-state index contributed by atoms with van der Waals surface area (Å²) in [6.45, 7) is 2.73. The fourth-order valence-corrected chi connectivity index (χ4v) is 4.23. The summed E-state index contributed by atoms with van der Waals surface area (Å²) in [7, 11) is -3.22. The summed E-state index contributed by atoms with van der Waals surface area (Å²) in [4.78, 5) is 14.2. The standard InChI is InChI=1S/C14H18N2O4S/c17-14(15-6-8-20-9-7-15)12-3-1-4-13(11-12)16-5-2-10-21(16,18)19/h1,3-4,11H,2,5-10H2. The van der Waals surface area contributed by atoms with Gasteiger partial charge in [0.05, 0.1) is 24.7 Å². The molecule has 114 valence electrons. The maximum atomic E-state index is 12.4. The Morgan fingerprint density at radius 3 is 2.57 bits per heavy atom. The predicted octanol–water partition coefficient (Wildman–Crippen LogP) is 0.699. The maximum Gasteiger partial charge on any atom is 0.254 e. The third-order valence-electron chi connectivity index (χ3n) is 3.78. The van der Waals surface area contributed by atoms with Gasteiger partial charge in [-0.2, -0.15) is 0 Å². The van der Waals surface area contributed by atoms with Crippen molar-refractivity contribution in [2.45, 2.75) is 6.42 Å². The molecule has 7 heteroatoms. The topological polar surface area (TPSA) is 66.9 Å². The molecule has 0 aliphatic carbocycles. The molecule has 2 aliphatic rings. The Labute approximate surface area is 124 Å². The van der Waals surface area contributed by atoms with Crippen LogP contribution in [0.1, 0.15) is 16.8 Å². The third-order valence-corrected chi connectivity index (χ3v) is 5.65. The van der Waals surface area contributed by atoms with Crippen molar-refractivity contribution < 1.29 is 17.9 Å². The molecule has 0 saturated carbocycles. The molecule has 1 aromatic rings. The highest BCUT2D eigenvalue weighted by molar-refractivity contribution is 7.93. The van der Waals surface area contributed by atoms with Crippen LogP contribution < -0.4 is 4.31 Å². The average molecular weight is 310 g/mol. The van der Waals surface area contributed by atoms with Crippen LogP contribution >= 0.6 is 0 Å². The van der Waals surface area contributed by atoms with E-state index in [1.54, 1.807) is 29.2 Å². The first-order valence-corrected chi connectivity index (χ1v) is 8.66. The smallest absolute Gasteiger partial charge is 0.254 e. The van der Waals surface area contributed by atoms with E-state index in [1.807, 2.05) is 0 Å². The number of benzene rings is 1. The van der Waals surface area contributed by atoms with Gasteiger partial charge in [-0.1, -0.05) is 6.07 Å². The summed E-state index contributed by atoms with van der Waals surface area (Å²) in [5.74, 6) is 0.103. The normalized spacial score (nSPS) is 21.5. The van der Waals surface area contributed by atoms with Crippen LogP contribution in [-0.2, 0) is 14.8 Å². The molecule has 2 saturated heterocycles. The summed E-state index contributed by atoms with van der Waals surface area (Å²) in [5, 5.41) is 0. The lowest BCUT2D eigenvalue weighted by molar-refractivity contribution is 0.0303. The van der Waals surface area contributed by atoms with Gasteiger partial charge < -0.3 is 9.64 Å². The van der Waals surface area contributed by atoms with Crippen LogP contribution in [0.3, 0.4) is 0 Å². The van der Waals surface area contributed by atoms with Crippen molar-refractivity contribution >= 4 is 21.6 Å². The van der Waals surface area contributed by atoms with Crippen molar-refractivity contribution in [3.05, 3.63) is 29.8 Å². The van der Waals surface area contributed by atoms with Crippen molar-refractivity contribution in [2.24, 2.45) is 0 Å². The zero-order valence-electron chi connectivity index (χ0n) is 11.7. The second-order valence-corrected chi connectivity index (χ2v) is 7.21. The van der Waals surface area contributed by atoms with Crippen molar-refractivity contribution in [2.75, 3.05) is 42.9 Å². The molecule has 6 nitrogen and oxygen atoms in total. The lowest BCUT2D eigenvalue weighted by Gasteiger charge is -2.27. The molecule has 0 atom stereocenters. The number of anilines is 1. The molecular formula is C14H18N2O4S. The number of nitrogens with zero attached hydrogens (tertiary/aromatic N) is 2. The van der Waals surface area contributed by atoms with Crippen LogP contribution in [0, 0.1) is 0 Å². The molecular weight excluding hydrogens is 292 g/mol. The number of carbonyl (C=O) groups excluding carboxylic acids is 1. The third kappa shape index (κ3) is 2.89. The molecule has 0 bridgehead atoms. The lowest BCUT2D eigenvalue weighted by atomic mass is 10.1. The number of rotatable bonds is 2. The van der Waals surface area contributed by atoms with Crippen LogP contribution in [-0.4, -0.2) is 57.8 Å². The molecule has 0 N–H and O–H groups in total. The van der Waals surface area contributed by atoms with Crippen LogP contribution in [0.4, 0.5) is 5.69 Å². The summed E-state index contributed by atoms with van der Waals surface area (Å²) in [6.07, 6.45) is 0.629. The SMILES string of the molecule is O=C(c1cccc(N2CCCS2(=O)=O)c1)N1CCOCC1. The van der Waals surface area contributed by atoms with Crippen molar-refractivity contribution in [1.82, 2.24) is 4.90 Å². The zero-order chi connectivity index (χ0) is 14.9.